The van der Waals surface area contributed by atoms with Crippen molar-refractivity contribution in [1.82, 2.24) is 5.32 Å². The van der Waals surface area contributed by atoms with Crippen LogP contribution in [-0.4, -0.2) is 12.5 Å². The highest BCUT2D eigenvalue weighted by atomic mass is 16.6. The van der Waals surface area contributed by atoms with Gasteiger partial charge < -0.3 is 4.74 Å². The molecule has 0 aromatic heterocycles. The van der Waals surface area contributed by atoms with E-state index in [2.05, 4.69) is 5.32 Å². The lowest BCUT2D eigenvalue weighted by molar-refractivity contribution is -0.140. The van der Waals surface area contributed by atoms with Crippen LogP contribution in [0.4, 0.5) is 0 Å². The zero-order valence-electron chi connectivity index (χ0n) is 4.06. The van der Waals surface area contributed by atoms with E-state index in [1.807, 2.05) is 13.8 Å². The van der Waals surface area contributed by atoms with Crippen LogP contribution >= 0.6 is 0 Å². The summed E-state index contributed by atoms with van der Waals surface area (Å²) in [5, 5.41) is 3.08. The summed E-state index contributed by atoms with van der Waals surface area (Å²) in [5.74, 6) is 0. The Morgan fingerprint density at radius 1 is 1.33 bits per heavy atom. The van der Waals surface area contributed by atoms with E-state index in [1.165, 1.54) is 0 Å². The lowest BCUT2D eigenvalue weighted by atomic mass is 10.4. The van der Waals surface area contributed by atoms with Crippen LogP contribution in [0.25, 0.3) is 0 Å². The molecule has 1 N–H and O–H groups in total. The molecule has 0 bridgehead atoms. The van der Waals surface area contributed by atoms with Gasteiger partial charge in [0.05, 0.1) is 0 Å². The van der Waals surface area contributed by atoms with Crippen molar-refractivity contribution in [1.29, 1.82) is 0 Å². The van der Waals surface area contributed by atoms with Gasteiger partial charge in [-0.25, -0.2) is 0 Å². The molecular formula is C4H9NO. The second kappa shape index (κ2) is 1.21. The first-order valence-electron chi connectivity index (χ1n) is 2.20. The van der Waals surface area contributed by atoms with Gasteiger partial charge in [-0.05, 0) is 13.8 Å². The van der Waals surface area contributed by atoms with Crippen LogP contribution in [0.5, 0.6) is 0 Å². The van der Waals surface area contributed by atoms with E-state index in [0.717, 1.165) is 0 Å². The van der Waals surface area contributed by atoms with Gasteiger partial charge in [-0.3, -0.25) is 5.32 Å². The van der Waals surface area contributed by atoms with Crippen LogP contribution in [0, 0.1) is 0 Å². The van der Waals surface area contributed by atoms with Gasteiger partial charge in [0.25, 0.3) is 0 Å². The highest BCUT2D eigenvalue weighted by Crippen LogP contribution is 2.02. The number of rotatable bonds is 0. The van der Waals surface area contributed by atoms with Crippen LogP contribution < -0.4 is 5.32 Å². The minimum absolute atomic E-state index is 0.292. The first-order chi connectivity index (χ1) is 2.79. The van der Waals surface area contributed by atoms with Gasteiger partial charge >= 0.3 is 0 Å². The molecule has 1 fully saturated rings. The fourth-order valence-electron chi connectivity index (χ4n) is 0.643. The summed E-state index contributed by atoms with van der Waals surface area (Å²) < 4.78 is 5.03. The van der Waals surface area contributed by atoms with Crippen molar-refractivity contribution in [3.63, 3.8) is 0 Å². The lowest BCUT2D eigenvalue weighted by Gasteiger charge is -2.32. The first kappa shape index (κ1) is 4.09. The summed E-state index contributed by atoms with van der Waals surface area (Å²) in [5.41, 5.74) is 0. The molecule has 6 heavy (non-hydrogen) atoms. The van der Waals surface area contributed by atoms with Crippen molar-refractivity contribution >= 4 is 0 Å². The van der Waals surface area contributed by atoms with E-state index < -0.39 is 0 Å². The fraction of sp³-hybridized carbons (Fsp3) is 1.00. The molecule has 2 atom stereocenters. The standard InChI is InChI=1S/C4H9NO/c1-3-5-4(2)6-3/h3-5H,1-2H3/t3-,4-/m1/s1. The van der Waals surface area contributed by atoms with E-state index in [0.29, 0.717) is 12.5 Å². The summed E-state index contributed by atoms with van der Waals surface area (Å²) in [6, 6.07) is 0. The molecule has 36 valence electrons. The molecule has 0 saturated carbocycles. The van der Waals surface area contributed by atoms with Gasteiger partial charge in [0.2, 0.25) is 0 Å². The van der Waals surface area contributed by atoms with Crippen molar-refractivity contribution < 1.29 is 4.74 Å². The third-order valence-corrected chi connectivity index (χ3v) is 0.878. The minimum Gasteiger partial charge on any atom is -0.346 e. The smallest absolute Gasteiger partial charge is 0.109 e. The predicted octanol–water partition coefficient (Wildman–Crippen LogP) is 0.298. The maximum Gasteiger partial charge on any atom is 0.109 e. The molecule has 0 aliphatic carbocycles. The van der Waals surface area contributed by atoms with E-state index in [9.17, 15) is 0 Å². The topological polar surface area (TPSA) is 21.3 Å². The van der Waals surface area contributed by atoms with Crippen LogP contribution in [0.15, 0.2) is 0 Å². The first-order valence-corrected chi connectivity index (χ1v) is 2.20. The zero-order valence-corrected chi connectivity index (χ0v) is 4.06. The number of hydrogen-bond acceptors (Lipinski definition) is 2. The van der Waals surface area contributed by atoms with E-state index in [1.54, 1.807) is 0 Å². The fourth-order valence-corrected chi connectivity index (χ4v) is 0.643. The third-order valence-electron chi connectivity index (χ3n) is 0.878. The summed E-state index contributed by atoms with van der Waals surface area (Å²) in [6.45, 7) is 3.97. The molecule has 2 heteroatoms. The van der Waals surface area contributed by atoms with Crippen LogP contribution in [0.3, 0.4) is 0 Å². The van der Waals surface area contributed by atoms with E-state index >= 15 is 0 Å². The molecule has 0 radical (unpaired) electrons. The molecule has 1 aliphatic rings. The second-order valence-electron chi connectivity index (χ2n) is 1.59. The largest absolute Gasteiger partial charge is 0.346 e. The Labute approximate surface area is 37.5 Å². The molecule has 1 aliphatic heterocycles. The summed E-state index contributed by atoms with van der Waals surface area (Å²) in [4.78, 5) is 0. The molecular weight excluding hydrogens is 78.0 g/mol. The van der Waals surface area contributed by atoms with Gasteiger partial charge in [0.1, 0.15) is 12.5 Å². The Kier molecular flexibility index (Phi) is 0.821. The molecule has 1 rings (SSSR count). The van der Waals surface area contributed by atoms with Crippen LogP contribution in [-0.2, 0) is 4.74 Å². The van der Waals surface area contributed by atoms with Gasteiger partial charge in [-0.1, -0.05) is 0 Å². The number of nitrogens with one attached hydrogen (secondary N) is 1. The molecule has 0 amide bonds. The molecule has 2 nitrogen and oxygen atoms in total. The summed E-state index contributed by atoms with van der Waals surface area (Å²) >= 11 is 0. The minimum atomic E-state index is 0.292. The maximum absolute atomic E-state index is 5.03. The molecule has 0 unspecified atom stereocenters. The Balaban J connectivity index is 2.11. The molecule has 0 aromatic rings. The van der Waals surface area contributed by atoms with Crippen molar-refractivity contribution in [3.05, 3.63) is 0 Å². The number of ether oxygens (including phenoxy) is 1. The Morgan fingerprint density at radius 2 is 1.67 bits per heavy atom. The summed E-state index contributed by atoms with van der Waals surface area (Å²) in [7, 11) is 0. The van der Waals surface area contributed by atoms with Crippen LogP contribution in [0.2, 0.25) is 0 Å². The number of hydrogen-bond donors (Lipinski definition) is 1. The average molecular weight is 87.1 g/mol. The Hall–Kier alpha value is -0.0800. The normalized spacial score (nSPS) is 45.0. The Bertz CT molecular complexity index is 43.5. The lowest BCUT2D eigenvalue weighted by Crippen LogP contribution is -2.51. The van der Waals surface area contributed by atoms with E-state index in [-0.39, 0.29) is 0 Å². The molecule has 1 heterocycles. The van der Waals surface area contributed by atoms with Gasteiger partial charge in [-0.2, -0.15) is 0 Å². The SMILES string of the molecule is C[C@@H]1N[C@@H](C)O1. The van der Waals surface area contributed by atoms with Gasteiger partial charge in [0.15, 0.2) is 0 Å². The van der Waals surface area contributed by atoms with Crippen molar-refractivity contribution in [2.45, 2.75) is 26.3 Å². The zero-order chi connectivity index (χ0) is 4.57. The average Bonchev–Trinajstić information content (AvgIpc) is 1.33. The second-order valence-corrected chi connectivity index (χ2v) is 1.59. The highest BCUT2D eigenvalue weighted by molar-refractivity contribution is 4.60. The maximum atomic E-state index is 5.03. The summed E-state index contributed by atoms with van der Waals surface area (Å²) in [6.07, 6.45) is 0.583. The quantitative estimate of drug-likeness (QED) is 0.458. The van der Waals surface area contributed by atoms with E-state index in [4.69, 9.17) is 4.74 Å². The molecule has 0 spiro atoms. The molecule has 1 saturated heterocycles. The van der Waals surface area contributed by atoms with Gasteiger partial charge in [0, 0.05) is 0 Å². The van der Waals surface area contributed by atoms with Crippen molar-refractivity contribution in [2.24, 2.45) is 0 Å². The van der Waals surface area contributed by atoms with Crippen molar-refractivity contribution in [2.75, 3.05) is 0 Å². The molecule has 0 aromatic carbocycles. The predicted molar refractivity (Wildman–Crippen MR) is 23.1 cm³/mol. The highest BCUT2D eigenvalue weighted by Gasteiger charge is 2.18. The van der Waals surface area contributed by atoms with Crippen LogP contribution in [0.1, 0.15) is 13.8 Å². The van der Waals surface area contributed by atoms with Gasteiger partial charge in [-0.15, -0.1) is 0 Å². The third kappa shape index (κ3) is 0.533. The van der Waals surface area contributed by atoms with Crippen molar-refractivity contribution in [3.8, 4) is 0 Å². The Morgan fingerprint density at radius 3 is 1.67 bits per heavy atom. The monoisotopic (exact) mass is 87.1 g/mol.